The Hall–Kier alpha value is -1.31. The predicted molar refractivity (Wildman–Crippen MR) is 71.1 cm³/mol. The highest BCUT2D eigenvalue weighted by molar-refractivity contribution is 6.22. The van der Waals surface area contributed by atoms with Crippen LogP contribution >= 0.6 is 11.6 Å². The molecule has 2 aromatic rings. The van der Waals surface area contributed by atoms with Gasteiger partial charge in [-0.05, 0) is 18.1 Å². The molecule has 0 aliphatic heterocycles. The summed E-state index contributed by atoms with van der Waals surface area (Å²) in [6.07, 6.45) is 0.402. The van der Waals surface area contributed by atoms with Crippen LogP contribution in [0.4, 0.5) is 0 Å². The van der Waals surface area contributed by atoms with Gasteiger partial charge in [-0.3, -0.25) is 0 Å². The van der Waals surface area contributed by atoms with E-state index in [1.165, 1.54) is 0 Å². The van der Waals surface area contributed by atoms with Crippen molar-refractivity contribution in [1.29, 1.82) is 0 Å². The normalized spacial score (nSPS) is 14.3. The van der Waals surface area contributed by atoms with Crippen molar-refractivity contribution in [3.05, 3.63) is 71.3 Å². The molecule has 0 aliphatic rings. The van der Waals surface area contributed by atoms with Crippen molar-refractivity contribution in [1.82, 2.24) is 0 Å². The topological polar surface area (TPSA) is 20.2 Å². The van der Waals surface area contributed by atoms with Gasteiger partial charge in [-0.15, -0.1) is 0 Å². The smallest absolute Gasteiger partial charge is 0.168 e. The van der Waals surface area contributed by atoms with Crippen molar-refractivity contribution < 1.29 is 5.11 Å². The van der Waals surface area contributed by atoms with E-state index in [1.54, 1.807) is 0 Å². The van der Waals surface area contributed by atoms with Crippen LogP contribution in [0.2, 0.25) is 0 Å². The first kappa shape index (κ1) is 12.2. The van der Waals surface area contributed by atoms with E-state index in [0.717, 1.165) is 16.7 Å². The minimum atomic E-state index is -1.34. The molecule has 17 heavy (non-hydrogen) atoms. The first-order valence-corrected chi connectivity index (χ1v) is 5.98. The Balaban J connectivity index is 2.25. The van der Waals surface area contributed by atoms with Crippen LogP contribution in [0.1, 0.15) is 16.7 Å². The minimum absolute atomic E-state index is 0.402. The maximum absolute atomic E-state index is 10.3. The fourth-order valence-corrected chi connectivity index (χ4v) is 2.12. The predicted octanol–water partition coefficient (Wildman–Crippen LogP) is 3.62. The minimum Gasteiger partial charge on any atom is -0.370 e. The lowest BCUT2D eigenvalue weighted by atomic mass is 9.99. The molecule has 1 atom stereocenters. The molecule has 0 saturated carbocycles. The molecule has 0 bridgehead atoms. The third kappa shape index (κ3) is 3.09. The van der Waals surface area contributed by atoms with Gasteiger partial charge in [-0.2, -0.15) is 0 Å². The van der Waals surface area contributed by atoms with E-state index >= 15 is 0 Å². The van der Waals surface area contributed by atoms with E-state index in [9.17, 15) is 5.11 Å². The molecule has 88 valence electrons. The van der Waals surface area contributed by atoms with Crippen LogP contribution in [-0.2, 0) is 11.5 Å². The Labute approximate surface area is 107 Å². The summed E-state index contributed by atoms with van der Waals surface area (Å²) in [6, 6.07) is 17.4. The Morgan fingerprint density at radius 1 is 1.06 bits per heavy atom. The highest BCUT2D eigenvalue weighted by Crippen LogP contribution is 2.30. The summed E-state index contributed by atoms with van der Waals surface area (Å²) in [7, 11) is 0. The fraction of sp³-hybridized carbons (Fsp3) is 0.200. The molecule has 0 saturated heterocycles. The number of rotatable bonds is 3. The molecule has 0 amide bonds. The van der Waals surface area contributed by atoms with Gasteiger partial charge in [0.05, 0.1) is 0 Å². The van der Waals surface area contributed by atoms with Gasteiger partial charge in [0.2, 0.25) is 0 Å². The van der Waals surface area contributed by atoms with Gasteiger partial charge in [0.1, 0.15) is 0 Å². The van der Waals surface area contributed by atoms with Gasteiger partial charge >= 0.3 is 0 Å². The molecular weight excluding hydrogens is 232 g/mol. The summed E-state index contributed by atoms with van der Waals surface area (Å²) in [4.78, 5) is 0. The summed E-state index contributed by atoms with van der Waals surface area (Å²) in [5.74, 6) is 0. The number of alkyl halides is 1. The lowest BCUT2D eigenvalue weighted by Gasteiger charge is -2.21. The van der Waals surface area contributed by atoms with Crippen LogP contribution in [0.5, 0.6) is 0 Å². The number of hydrogen-bond acceptors (Lipinski definition) is 1. The molecule has 0 heterocycles. The zero-order valence-electron chi connectivity index (χ0n) is 9.73. The number of benzene rings is 2. The summed E-state index contributed by atoms with van der Waals surface area (Å²) in [6.45, 7) is 1.99. The van der Waals surface area contributed by atoms with E-state index in [0.29, 0.717) is 6.42 Å². The molecule has 0 spiro atoms. The molecule has 0 radical (unpaired) electrons. The van der Waals surface area contributed by atoms with Gasteiger partial charge in [-0.1, -0.05) is 71.8 Å². The number of aryl methyl sites for hydroxylation is 1. The van der Waals surface area contributed by atoms with E-state index in [2.05, 4.69) is 0 Å². The van der Waals surface area contributed by atoms with E-state index in [4.69, 9.17) is 11.6 Å². The Kier molecular flexibility index (Phi) is 3.51. The van der Waals surface area contributed by atoms with Gasteiger partial charge in [-0.25, -0.2) is 0 Å². The Morgan fingerprint density at radius 2 is 1.76 bits per heavy atom. The zero-order chi connectivity index (χ0) is 12.3. The van der Waals surface area contributed by atoms with Crippen molar-refractivity contribution >= 4 is 11.6 Å². The molecule has 1 N–H and O–H groups in total. The average Bonchev–Trinajstić information content (AvgIpc) is 2.30. The lowest BCUT2D eigenvalue weighted by Crippen LogP contribution is -2.21. The maximum Gasteiger partial charge on any atom is 0.168 e. The zero-order valence-corrected chi connectivity index (χ0v) is 10.5. The number of aliphatic hydroxyl groups is 1. The molecule has 1 nitrogen and oxygen atoms in total. The highest BCUT2D eigenvalue weighted by Gasteiger charge is 2.26. The van der Waals surface area contributed by atoms with Gasteiger partial charge in [0, 0.05) is 6.42 Å². The van der Waals surface area contributed by atoms with Crippen molar-refractivity contribution in [3.63, 3.8) is 0 Å². The molecular formula is C15H15ClO. The van der Waals surface area contributed by atoms with Crippen LogP contribution in [0, 0.1) is 6.92 Å². The largest absolute Gasteiger partial charge is 0.370 e. The standard InChI is InChI=1S/C15H15ClO/c1-12-6-5-9-14(10-12)15(16,17)11-13-7-3-2-4-8-13/h2-10,17H,11H2,1H3. The molecule has 0 fully saturated rings. The second-order valence-corrected chi connectivity index (χ2v) is 4.92. The van der Waals surface area contributed by atoms with Crippen molar-refractivity contribution in [2.75, 3.05) is 0 Å². The van der Waals surface area contributed by atoms with Crippen molar-refractivity contribution in [2.24, 2.45) is 0 Å². The Morgan fingerprint density at radius 3 is 2.41 bits per heavy atom. The quantitative estimate of drug-likeness (QED) is 0.821. The van der Waals surface area contributed by atoms with Gasteiger partial charge < -0.3 is 5.11 Å². The molecule has 2 heteroatoms. The van der Waals surface area contributed by atoms with Crippen LogP contribution in [0.25, 0.3) is 0 Å². The van der Waals surface area contributed by atoms with E-state index in [1.807, 2.05) is 61.5 Å². The van der Waals surface area contributed by atoms with E-state index < -0.39 is 5.06 Å². The average molecular weight is 247 g/mol. The summed E-state index contributed by atoms with van der Waals surface area (Å²) < 4.78 is 0. The second-order valence-electron chi connectivity index (χ2n) is 4.29. The lowest BCUT2D eigenvalue weighted by molar-refractivity contribution is 0.129. The molecule has 2 aromatic carbocycles. The highest BCUT2D eigenvalue weighted by atomic mass is 35.5. The maximum atomic E-state index is 10.3. The summed E-state index contributed by atoms with van der Waals surface area (Å²) >= 11 is 6.22. The monoisotopic (exact) mass is 246 g/mol. The second kappa shape index (κ2) is 4.91. The van der Waals surface area contributed by atoms with Crippen LogP contribution in [0.3, 0.4) is 0 Å². The van der Waals surface area contributed by atoms with Crippen molar-refractivity contribution in [2.45, 2.75) is 18.4 Å². The first-order chi connectivity index (χ1) is 8.08. The van der Waals surface area contributed by atoms with Gasteiger partial charge in [0.25, 0.3) is 0 Å². The van der Waals surface area contributed by atoms with Crippen LogP contribution < -0.4 is 0 Å². The van der Waals surface area contributed by atoms with Gasteiger partial charge in [0.15, 0.2) is 5.06 Å². The fourth-order valence-electron chi connectivity index (χ4n) is 1.85. The molecule has 0 aliphatic carbocycles. The number of halogens is 1. The summed E-state index contributed by atoms with van der Waals surface area (Å²) in [5.41, 5.74) is 2.85. The van der Waals surface area contributed by atoms with Crippen LogP contribution in [-0.4, -0.2) is 5.11 Å². The molecule has 0 aromatic heterocycles. The molecule has 2 rings (SSSR count). The first-order valence-electron chi connectivity index (χ1n) is 5.60. The van der Waals surface area contributed by atoms with E-state index in [-0.39, 0.29) is 0 Å². The number of hydrogen-bond donors (Lipinski definition) is 1. The Bertz CT molecular complexity index is 491. The van der Waals surface area contributed by atoms with Crippen molar-refractivity contribution in [3.8, 4) is 0 Å². The SMILES string of the molecule is Cc1cccc(C(O)(Cl)Cc2ccccc2)c1. The third-order valence-electron chi connectivity index (χ3n) is 2.74. The van der Waals surface area contributed by atoms with Crippen LogP contribution in [0.15, 0.2) is 54.6 Å². The third-order valence-corrected chi connectivity index (χ3v) is 3.09. The molecule has 1 unspecified atom stereocenters. The summed E-state index contributed by atoms with van der Waals surface area (Å²) in [5, 5.41) is 8.99.